The van der Waals surface area contributed by atoms with Crippen molar-refractivity contribution in [3.05, 3.63) is 112 Å². The summed E-state index contributed by atoms with van der Waals surface area (Å²) in [5.74, 6) is 1.36. The van der Waals surface area contributed by atoms with E-state index in [4.69, 9.17) is 9.51 Å². The van der Waals surface area contributed by atoms with E-state index in [2.05, 4.69) is 48.0 Å². The number of nitrogens with zero attached hydrogens (tertiary/aromatic N) is 4. The van der Waals surface area contributed by atoms with Crippen LogP contribution >= 0.6 is 11.8 Å². The topological polar surface area (TPSA) is 89.6 Å². The zero-order chi connectivity index (χ0) is 27.9. The average Bonchev–Trinajstić information content (AvgIpc) is 3.61. The van der Waals surface area contributed by atoms with Gasteiger partial charge in [0.15, 0.2) is 5.16 Å². The fourth-order valence-corrected chi connectivity index (χ4v) is 5.41. The van der Waals surface area contributed by atoms with Gasteiger partial charge < -0.3 is 9.51 Å². The fourth-order valence-electron chi connectivity index (χ4n) is 4.57. The van der Waals surface area contributed by atoms with Crippen molar-refractivity contribution >= 4 is 22.8 Å². The number of nitrogens with one attached hydrogen (secondary N) is 1. The van der Waals surface area contributed by atoms with E-state index in [0.717, 1.165) is 27.9 Å². The molecule has 0 fully saturated rings. The highest BCUT2D eigenvalue weighted by molar-refractivity contribution is 7.98. The molecule has 3 heterocycles. The third kappa shape index (κ3) is 4.98. The Hall–Kier alpha value is -4.43. The van der Waals surface area contributed by atoms with Gasteiger partial charge in [0, 0.05) is 17.3 Å². The van der Waals surface area contributed by atoms with Crippen molar-refractivity contribution in [2.24, 2.45) is 0 Å². The first kappa shape index (κ1) is 25.8. The van der Waals surface area contributed by atoms with Crippen molar-refractivity contribution in [1.82, 2.24) is 24.7 Å². The third-order valence-electron chi connectivity index (χ3n) is 6.85. The third-order valence-corrected chi connectivity index (χ3v) is 7.77. The largest absolute Gasteiger partial charge is 0.355 e. The average molecular weight is 548 g/mol. The van der Waals surface area contributed by atoms with Crippen LogP contribution in [-0.4, -0.2) is 24.7 Å². The molecule has 3 aromatic carbocycles. The lowest BCUT2D eigenvalue weighted by Gasteiger charge is -2.18. The number of hydrogen-bond acceptors (Lipinski definition) is 6. The van der Waals surface area contributed by atoms with E-state index in [-0.39, 0.29) is 11.0 Å². The predicted molar refractivity (Wildman–Crippen MR) is 160 cm³/mol. The zero-order valence-electron chi connectivity index (χ0n) is 22.8. The Kier molecular flexibility index (Phi) is 6.64. The summed E-state index contributed by atoms with van der Waals surface area (Å²) in [6, 6.07) is 26.0. The standard InChI is InChI=1S/C32H29N5O2S/c1-20-10-16-24(17-11-20)37-30(38)28-27(25(18-33-28)21-8-6-5-7-9-21)35-31(37)40-19-26-34-29(36-39-26)22-12-14-23(15-13-22)32(2,3)4/h5-18,33H,19H2,1-4H3. The minimum atomic E-state index is -0.163. The number of aromatic amines is 1. The Labute approximate surface area is 236 Å². The summed E-state index contributed by atoms with van der Waals surface area (Å²) in [4.78, 5) is 26.6. The zero-order valence-corrected chi connectivity index (χ0v) is 23.6. The summed E-state index contributed by atoms with van der Waals surface area (Å²) in [7, 11) is 0. The molecular formula is C32H29N5O2S. The number of aryl methyl sites for hydroxylation is 1. The van der Waals surface area contributed by atoms with Crippen molar-refractivity contribution in [3.8, 4) is 28.2 Å². The van der Waals surface area contributed by atoms with Crippen LogP contribution in [-0.2, 0) is 11.2 Å². The van der Waals surface area contributed by atoms with Gasteiger partial charge in [-0.3, -0.25) is 9.36 Å². The Bertz CT molecular complexity index is 1850. The summed E-state index contributed by atoms with van der Waals surface area (Å²) in [6.45, 7) is 8.57. The quantitative estimate of drug-likeness (QED) is 0.173. The molecule has 0 aliphatic rings. The lowest BCUT2D eigenvalue weighted by molar-refractivity contribution is 0.391. The van der Waals surface area contributed by atoms with Gasteiger partial charge in [0.2, 0.25) is 11.7 Å². The molecule has 200 valence electrons. The molecule has 0 saturated heterocycles. The normalized spacial score (nSPS) is 11.8. The summed E-state index contributed by atoms with van der Waals surface area (Å²) < 4.78 is 7.23. The van der Waals surface area contributed by atoms with Crippen LogP contribution in [0.25, 0.3) is 39.2 Å². The molecule has 0 unspecified atom stereocenters. The summed E-state index contributed by atoms with van der Waals surface area (Å²) >= 11 is 1.39. The van der Waals surface area contributed by atoms with E-state index in [1.54, 1.807) is 4.57 Å². The lowest BCUT2D eigenvalue weighted by Crippen LogP contribution is -2.21. The summed E-state index contributed by atoms with van der Waals surface area (Å²) in [5, 5.41) is 4.75. The molecule has 0 spiro atoms. The molecule has 0 atom stereocenters. The monoisotopic (exact) mass is 547 g/mol. The molecule has 0 aliphatic heterocycles. The SMILES string of the molecule is Cc1ccc(-n2c(SCc3nc(-c4ccc(C(C)(C)C)cc4)no3)nc3c(-c4ccccc4)c[nH]c3c2=O)cc1. The van der Waals surface area contributed by atoms with Crippen LogP contribution in [0, 0.1) is 6.92 Å². The fraction of sp³-hybridized carbons (Fsp3) is 0.188. The van der Waals surface area contributed by atoms with E-state index < -0.39 is 0 Å². The van der Waals surface area contributed by atoms with Gasteiger partial charge in [-0.25, -0.2) is 4.98 Å². The molecule has 8 heteroatoms. The number of fused-ring (bicyclic) bond motifs is 1. The smallest absolute Gasteiger partial charge is 0.283 e. The summed E-state index contributed by atoms with van der Waals surface area (Å²) in [5.41, 5.74) is 6.86. The molecule has 0 aliphatic carbocycles. The van der Waals surface area contributed by atoms with Gasteiger partial charge >= 0.3 is 0 Å². The Morgan fingerprint density at radius 1 is 0.900 bits per heavy atom. The second-order valence-electron chi connectivity index (χ2n) is 10.8. The molecule has 7 nitrogen and oxygen atoms in total. The van der Waals surface area contributed by atoms with E-state index in [1.165, 1.54) is 17.3 Å². The molecule has 40 heavy (non-hydrogen) atoms. The van der Waals surface area contributed by atoms with E-state index in [0.29, 0.717) is 33.7 Å². The molecule has 1 N–H and O–H groups in total. The molecule has 0 radical (unpaired) electrons. The van der Waals surface area contributed by atoms with Crippen molar-refractivity contribution < 1.29 is 4.52 Å². The molecular weight excluding hydrogens is 518 g/mol. The maximum absolute atomic E-state index is 13.8. The summed E-state index contributed by atoms with van der Waals surface area (Å²) in [6.07, 6.45) is 1.84. The Morgan fingerprint density at radius 2 is 1.62 bits per heavy atom. The van der Waals surface area contributed by atoms with Crippen molar-refractivity contribution in [2.75, 3.05) is 0 Å². The maximum atomic E-state index is 13.8. The van der Waals surface area contributed by atoms with E-state index in [9.17, 15) is 4.79 Å². The van der Waals surface area contributed by atoms with Gasteiger partial charge in [0.25, 0.3) is 5.56 Å². The van der Waals surface area contributed by atoms with E-state index >= 15 is 0 Å². The highest BCUT2D eigenvalue weighted by atomic mass is 32.2. The van der Waals surface area contributed by atoms with Crippen molar-refractivity contribution in [2.45, 2.75) is 44.0 Å². The number of aromatic nitrogens is 5. The molecule has 0 bridgehead atoms. The first-order chi connectivity index (χ1) is 19.3. The van der Waals surface area contributed by atoms with Crippen LogP contribution in [0.3, 0.4) is 0 Å². The number of rotatable bonds is 6. The Morgan fingerprint density at radius 3 is 2.33 bits per heavy atom. The Balaban J connectivity index is 1.36. The second kappa shape index (κ2) is 10.3. The highest BCUT2D eigenvalue weighted by Gasteiger charge is 2.20. The number of benzene rings is 3. The van der Waals surface area contributed by atoms with Crippen LogP contribution in [0.5, 0.6) is 0 Å². The maximum Gasteiger partial charge on any atom is 0.283 e. The molecule has 6 aromatic rings. The molecule has 0 amide bonds. The lowest BCUT2D eigenvalue weighted by atomic mass is 9.87. The van der Waals surface area contributed by atoms with Gasteiger partial charge in [0.05, 0.1) is 11.4 Å². The van der Waals surface area contributed by atoms with Crippen molar-refractivity contribution in [1.29, 1.82) is 0 Å². The van der Waals surface area contributed by atoms with Gasteiger partial charge in [-0.15, -0.1) is 0 Å². The van der Waals surface area contributed by atoms with Crippen LogP contribution in [0.1, 0.15) is 37.8 Å². The second-order valence-corrected chi connectivity index (χ2v) is 11.7. The number of H-pyrrole nitrogens is 1. The number of hydrogen-bond donors (Lipinski definition) is 1. The molecule has 3 aromatic heterocycles. The van der Waals surface area contributed by atoms with Crippen molar-refractivity contribution in [3.63, 3.8) is 0 Å². The molecule has 0 saturated carbocycles. The van der Waals surface area contributed by atoms with Crippen LogP contribution in [0.15, 0.2) is 99.5 Å². The van der Waals surface area contributed by atoms with Crippen LogP contribution in [0.2, 0.25) is 0 Å². The van der Waals surface area contributed by atoms with Crippen LogP contribution < -0.4 is 5.56 Å². The molecule has 6 rings (SSSR count). The van der Waals surface area contributed by atoms with Gasteiger partial charge in [-0.05, 0) is 35.6 Å². The van der Waals surface area contributed by atoms with Gasteiger partial charge in [-0.1, -0.05) is 110 Å². The highest BCUT2D eigenvalue weighted by Crippen LogP contribution is 2.30. The van der Waals surface area contributed by atoms with Gasteiger partial charge in [0.1, 0.15) is 11.0 Å². The minimum Gasteiger partial charge on any atom is -0.355 e. The predicted octanol–water partition coefficient (Wildman–Crippen LogP) is 7.33. The first-order valence-electron chi connectivity index (χ1n) is 13.1. The minimum absolute atomic E-state index is 0.0682. The first-order valence-corrected chi connectivity index (χ1v) is 14.1. The van der Waals surface area contributed by atoms with Gasteiger partial charge in [-0.2, -0.15) is 4.98 Å². The van der Waals surface area contributed by atoms with Crippen LogP contribution in [0.4, 0.5) is 0 Å². The number of thioether (sulfide) groups is 1. The van der Waals surface area contributed by atoms with E-state index in [1.807, 2.05) is 79.9 Å².